The van der Waals surface area contributed by atoms with Gasteiger partial charge in [-0.2, -0.15) is 0 Å². The Balaban J connectivity index is 2.43. The fraction of sp³-hybridized carbons (Fsp3) is 0.400. The van der Waals surface area contributed by atoms with Crippen LogP contribution < -0.4 is 10.5 Å². The molecule has 0 bridgehead atoms. The Hall–Kier alpha value is -0.730. The molecule has 70 valence electrons. The summed E-state index contributed by atoms with van der Waals surface area (Å²) in [5.41, 5.74) is 7.87. The molecule has 0 aliphatic carbocycles. The average Bonchev–Trinajstić information content (AvgIpc) is 2.52. The first kappa shape index (κ1) is 8.85. The second kappa shape index (κ2) is 3.56. The number of fused-ring (bicyclic) bond motifs is 1. The lowest BCUT2D eigenvalue weighted by Gasteiger charge is -2.07. The molecule has 1 heterocycles. The number of hydrogen-bond donors (Lipinski definition) is 1. The highest BCUT2D eigenvalue weighted by Gasteiger charge is 2.16. The van der Waals surface area contributed by atoms with Gasteiger partial charge in [-0.3, -0.25) is 0 Å². The van der Waals surface area contributed by atoms with Gasteiger partial charge in [-0.25, -0.2) is 0 Å². The molecule has 0 unspecified atom stereocenters. The Morgan fingerprint density at radius 2 is 2.31 bits per heavy atom. The van der Waals surface area contributed by atoms with Gasteiger partial charge in [0.25, 0.3) is 0 Å². The van der Waals surface area contributed by atoms with Gasteiger partial charge in [0.15, 0.2) is 0 Å². The van der Waals surface area contributed by atoms with Crippen LogP contribution in [0.4, 0.5) is 0 Å². The van der Waals surface area contributed by atoms with Crippen LogP contribution in [0.25, 0.3) is 0 Å². The van der Waals surface area contributed by atoms with Gasteiger partial charge in [0.1, 0.15) is 5.75 Å². The largest absolute Gasteiger partial charge is 0.493 e. The molecule has 13 heavy (non-hydrogen) atoms. The molecule has 1 aromatic carbocycles. The second-order valence-electron chi connectivity index (χ2n) is 3.19. The van der Waals surface area contributed by atoms with Crippen molar-refractivity contribution in [3.63, 3.8) is 0 Å². The van der Waals surface area contributed by atoms with E-state index in [9.17, 15) is 0 Å². The molecule has 2 N–H and O–H groups in total. The summed E-state index contributed by atoms with van der Waals surface area (Å²) in [5.74, 6) is 1.01. The molecule has 1 aliphatic heterocycles. The lowest BCUT2D eigenvalue weighted by atomic mass is 10.1. The third-order valence-electron chi connectivity index (χ3n) is 2.24. The third-order valence-corrected chi connectivity index (χ3v) is 2.46. The van der Waals surface area contributed by atoms with E-state index in [1.54, 1.807) is 0 Å². The van der Waals surface area contributed by atoms with Crippen LogP contribution in [0.1, 0.15) is 11.1 Å². The van der Waals surface area contributed by atoms with E-state index in [2.05, 4.69) is 0 Å². The summed E-state index contributed by atoms with van der Waals surface area (Å²) in [6.07, 6.45) is 1.80. The normalized spacial score (nSPS) is 14.0. The van der Waals surface area contributed by atoms with E-state index < -0.39 is 0 Å². The fourth-order valence-corrected chi connectivity index (χ4v) is 1.95. The molecule has 0 fully saturated rings. The predicted octanol–water partition coefficient (Wildman–Crippen LogP) is 1.78. The summed E-state index contributed by atoms with van der Waals surface area (Å²) in [6.45, 7) is 1.41. The van der Waals surface area contributed by atoms with Gasteiger partial charge in [0, 0.05) is 11.4 Å². The van der Waals surface area contributed by atoms with Gasteiger partial charge in [0.2, 0.25) is 0 Å². The first-order chi connectivity index (χ1) is 6.31. The van der Waals surface area contributed by atoms with Crippen LogP contribution in [0.2, 0.25) is 5.02 Å². The van der Waals surface area contributed by atoms with Crippen molar-refractivity contribution in [3.8, 4) is 5.75 Å². The molecule has 2 rings (SSSR count). The van der Waals surface area contributed by atoms with E-state index in [4.69, 9.17) is 22.1 Å². The number of rotatable bonds is 2. The van der Waals surface area contributed by atoms with E-state index in [0.29, 0.717) is 6.54 Å². The highest BCUT2D eigenvalue weighted by atomic mass is 35.5. The highest BCUT2D eigenvalue weighted by molar-refractivity contribution is 6.30. The maximum atomic E-state index is 5.97. The maximum absolute atomic E-state index is 5.97. The molecular formula is C10H12ClNO. The maximum Gasteiger partial charge on any atom is 0.125 e. The summed E-state index contributed by atoms with van der Waals surface area (Å²) in [7, 11) is 0. The van der Waals surface area contributed by atoms with Gasteiger partial charge in [-0.05, 0) is 36.2 Å². The van der Waals surface area contributed by atoms with Crippen molar-refractivity contribution in [2.75, 3.05) is 13.2 Å². The van der Waals surface area contributed by atoms with Crippen molar-refractivity contribution in [2.45, 2.75) is 12.8 Å². The smallest absolute Gasteiger partial charge is 0.125 e. The summed E-state index contributed by atoms with van der Waals surface area (Å²) >= 11 is 5.97. The van der Waals surface area contributed by atoms with E-state index in [-0.39, 0.29) is 0 Å². The van der Waals surface area contributed by atoms with Crippen molar-refractivity contribution < 1.29 is 4.74 Å². The second-order valence-corrected chi connectivity index (χ2v) is 3.63. The number of halogens is 1. The van der Waals surface area contributed by atoms with Crippen LogP contribution in [0, 0.1) is 0 Å². The van der Waals surface area contributed by atoms with E-state index in [0.717, 1.165) is 35.8 Å². The number of hydrogen-bond acceptors (Lipinski definition) is 2. The van der Waals surface area contributed by atoms with Crippen molar-refractivity contribution in [2.24, 2.45) is 5.73 Å². The molecule has 0 radical (unpaired) electrons. The quantitative estimate of drug-likeness (QED) is 0.785. The molecule has 2 nitrogen and oxygen atoms in total. The minimum atomic E-state index is 0.635. The standard InChI is InChI=1S/C10H12ClNO/c11-9-5-7(1-3-12)10-8(6-9)2-4-13-10/h5-6H,1-4,12H2. The Bertz CT molecular complexity index is 325. The molecule has 0 saturated carbocycles. The Labute approximate surface area is 82.6 Å². The Kier molecular flexibility index (Phi) is 2.42. The predicted molar refractivity (Wildman–Crippen MR) is 53.4 cm³/mol. The molecule has 0 atom stereocenters. The molecule has 0 saturated heterocycles. The zero-order valence-electron chi connectivity index (χ0n) is 7.35. The van der Waals surface area contributed by atoms with Gasteiger partial charge in [0.05, 0.1) is 6.61 Å². The molecule has 1 aromatic rings. The van der Waals surface area contributed by atoms with Crippen molar-refractivity contribution in [1.82, 2.24) is 0 Å². The van der Waals surface area contributed by atoms with E-state index in [1.165, 1.54) is 5.56 Å². The van der Waals surface area contributed by atoms with Crippen LogP contribution in [0.3, 0.4) is 0 Å². The molecule has 0 amide bonds. The first-order valence-electron chi connectivity index (χ1n) is 4.45. The Morgan fingerprint density at radius 3 is 3.08 bits per heavy atom. The van der Waals surface area contributed by atoms with Crippen molar-refractivity contribution in [1.29, 1.82) is 0 Å². The minimum Gasteiger partial charge on any atom is -0.493 e. The van der Waals surface area contributed by atoms with Crippen LogP contribution in [-0.4, -0.2) is 13.2 Å². The summed E-state index contributed by atoms with van der Waals surface area (Å²) < 4.78 is 5.52. The zero-order chi connectivity index (χ0) is 9.26. The lowest BCUT2D eigenvalue weighted by Crippen LogP contribution is -2.04. The van der Waals surface area contributed by atoms with Crippen molar-refractivity contribution >= 4 is 11.6 Å². The average molecular weight is 198 g/mol. The molecular weight excluding hydrogens is 186 g/mol. The van der Waals surface area contributed by atoms with Gasteiger partial charge >= 0.3 is 0 Å². The topological polar surface area (TPSA) is 35.2 Å². The number of nitrogens with two attached hydrogens (primary N) is 1. The summed E-state index contributed by atoms with van der Waals surface area (Å²) in [5, 5.41) is 0.785. The SMILES string of the molecule is NCCc1cc(Cl)cc2c1OCC2. The van der Waals surface area contributed by atoms with Gasteiger partial charge in [-0.15, -0.1) is 0 Å². The first-order valence-corrected chi connectivity index (χ1v) is 4.83. The van der Waals surface area contributed by atoms with Crippen molar-refractivity contribution in [3.05, 3.63) is 28.3 Å². The van der Waals surface area contributed by atoms with Gasteiger partial charge in [-0.1, -0.05) is 11.6 Å². The molecule has 0 aromatic heterocycles. The third kappa shape index (κ3) is 1.64. The highest BCUT2D eigenvalue weighted by Crippen LogP contribution is 2.32. The number of ether oxygens (including phenoxy) is 1. The fourth-order valence-electron chi connectivity index (χ4n) is 1.69. The molecule has 3 heteroatoms. The van der Waals surface area contributed by atoms with Crippen LogP contribution in [0.15, 0.2) is 12.1 Å². The van der Waals surface area contributed by atoms with Crippen LogP contribution in [-0.2, 0) is 12.8 Å². The van der Waals surface area contributed by atoms with Gasteiger partial charge < -0.3 is 10.5 Å². The van der Waals surface area contributed by atoms with E-state index in [1.807, 2.05) is 12.1 Å². The summed E-state index contributed by atoms with van der Waals surface area (Å²) in [4.78, 5) is 0. The van der Waals surface area contributed by atoms with E-state index >= 15 is 0 Å². The molecule has 1 aliphatic rings. The van der Waals surface area contributed by atoms with Crippen LogP contribution >= 0.6 is 11.6 Å². The Morgan fingerprint density at radius 1 is 1.46 bits per heavy atom. The summed E-state index contributed by atoms with van der Waals surface area (Å²) in [6, 6.07) is 3.92. The minimum absolute atomic E-state index is 0.635. The molecule has 0 spiro atoms. The zero-order valence-corrected chi connectivity index (χ0v) is 8.10. The number of benzene rings is 1. The lowest BCUT2D eigenvalue weighted by molar-refractivity contribution is 0.353. The van der Waals surface area contributed by atoms with Crippen LogP contribution in [0.5, 0.6) is 5.75 Å². The monoisotopic (exact) mass is 197 g/mol.